The number of nitrogens with one attached hydrogen (secondary N) is 2. The monoisotopic (exact) mass is 440 g/mol. The van der Waals surface area contributed by atoms with E-state index in [1.807, 2.05) is 67.6 Å². The summed E-state index contributed by atoms with van der Waals surface area (Å²) < 4.78 is 0. The number of carbonyl (C=O) groups is 1. The van der Waals surface area contributed by atoms with Crippen molar-refractivity contribution in [1.29, 1.82) is 0 Å². The quantitative estimate of drug-likeness (QED) is 0.468. The summed E-state index contributed by atoms with van der Waals surface area (Å²) in [5.41, 5.74) is 3.44. The lowest BCUT2D eigenvalue weighted by Gasteiger charge is -2.17. The molecule has 5 rings (SSSR count). The Bertz CT molecular complexity index is 1250. The van der Waals surface area contributed by atoms with Crippen LogP contribution in [-0.4, -0.2) is 44.0 Å². The first-order chi connectivity index (χ1) is 16.1. The summed E-state index contributed by atoms with van der Waals surface area (Å²) in [6.45, 7) is 4.03. The van der Waals surface area contributed by atoms with Gasteiger partial charge in [-0.1, -0.05) is 18.2 Å². The summed E-state index contributed by atoms with van der Waals surface area (Å²) in [4.78, 5) is 25.5. The van der Waals surface area contributed by atoms with Crippen molar-refractivity contribution < 1.29 is 4.79 Å². The fourth-order valence-corrected chi connectivity index (χ4v) is 3.73. The van der Waals surface area contributed by atoms with E-state index < -0.39 is 0 Å². The van der Waals surface area contributed by atoms with Gasteiger partial charge in [0.05, 0.1) is 11.9 Å². The van der Waals surface area contributed by atoms with Gasteiger partial charge in [0, 0.05) is 36.2 Å². The van der Waals surface area contributed by atoms with Gasteiger partial charge in [0.2, 0.25) is 5.95 Å². The smallest absolute Gasteiger partial charge is 0.277 e. The van der Waals surface area contributed by atoms with Crippen molar-refractivity contribution in [2.24, 2.45) is 0 Å². The molecular weight excluding hydrogens is 416 g/mol. The topological polar surface area (TPSA) is 101 Å². The van der Waals surface area contributed by atoms with E-state index in [0.29, 0.717) is 11.6 Å². The lowest BCUT2D eigenvalue weighted by atomic mass is 10.2. The van der Waals surface area contributed by atoms with Crippen molar-refractivity contribution in [3.05, 3.63) is 78.2 Å². The molecule has 0 bridgehead atoms. The molecule has 2 aromatic heterocycles. The van der Waals surface area contributed by atoms with Crippen molar-refractivity contribution in [3.63, 3.8) is 0 Å². The van der Waals surface area contributed by atoms with Crippen LogP contribution in [0.25, 0.3) is 5.69 Å². The van der Waals surface area contributed by atoms with E-state index in [0.717, 1.165) is 36.0 Å². The number of hydrogen-bond acceptors (Lipinski definition) is 7. The maximum Gasteiger partial charge on any atom is 0.277 e. The minimum Gasteiger partial charge on any atom is -0.356 e. The second kappa shape index (κ2) is 9.07. The number of para-hydroxylation sites is 1. The zero-order chi connectivity index (χ0) is 22.6. The van der Waals surface area contributed by atoms with Crippen molar-refractivity contribution in [1.82, 2.24) is 25.0 Å². The number of carbonyl (C=O) groups excluding carboxylic acids is 1. The van der Waals surface area contributed by atoms with Crippen molar-refractivity contribution in [2.75, 3.05) is 28.6 Å². The van der Waals surface area contributed by atoms with Gasteiger partial charge in [-0.3, -0.25) is 4.79 Å². The second-order valence-corrected chi connectivity index (χ2v) is 7.90. The highest BCUT2D eigenvalue weighted by molar-refractivity contribution is 6.02. The van der Waals surface area contributed by atoms with Crippen LogP contribution in [0.4, 0.5) is 23.1 Å². The van der Waals surface area contributed by atoms with Gasteiger partial charge in [-0.25, -0.2) is 4.98 Å². The first-order valence-electron chi connectivity index (χ1n) is 10.9. The van der Waals surface area contributed by atoms with Crippen LogP contribution in [0.3, 0.4) is 0 Å². The minimum absolute atomic E-state index is 0.239. The summed E-state index contributed by atoms with van der Waals surface area (Å²) in [6.07, 6.45) is 3.84. The number of hydrogen-bond donors (Lipinski definition) is 2. The van der Waals surface area contributed by atoms with Gasteiger partial charge < -0.3 is 15.5 Å². The molecule has 1 fully saturated rings. The van der Waals surface area contributed by atoms with Crippen LogP contribution in [0.2, 0.25) is 0 Å². The number of rotatable bonds is 6. The number of benzene rings is 2. The predicted octanol–water partition coefficient (Wildman–Crippen LogP) is 3.96. The molecule has 1 aliphatic rings. The zero-order valence-corrected chi connectivity index (χ0v) is 18.3. The Kier molecular flexibility index (Phi) is 5.67. The number of anilines is 4. The molecule has 0 spiro atoms. The maximum absolute atomic E-state index is 12.6. The molecule has 0 saturated carbocycles. The molecule has 1 aliphatic heterocycles. The van der Waals surface area contributed by atoms with E-state index in [4.69, 9.17) is 0 Å². The van der Waals surface area contributed by atoms with Gasteiger partial charge in [0.25, 0.3) is 5.91 Å². The number of aryl methyl sites for hydroxylation is 1. The molecule has 2 aromatic carbocycles. The summed E-state index contributed by atoms with van der Waals surface area (Å²) in [7, 11) is 0. The summed E-state index contributed by atoms with van der Waals surface area (Å²) in [5.74, 6) is 1.19. The Balaban J connectivity index is 1.24. The average molecular weight is 441 g/mol. The summed E-state index contributed by atoms with van der Waals surface area (Å²) in [6, 6.07) is 18.8. The third-order valence-corrected chi connectivity index (χ3v) is 5.38. The fourth-order valence-electron chi connectivity index (χ4n) is 3.73. The highest BCUT2D eigenvalue weighted by Gasteiger charge is 2.15. The Morgan fingerprint density at radius 3 is 2.42 bits per heavy atom. The summed E-state index contributed by atoms with van der Waals surface area (Å²) in [5, 5.41) is 14.5. The standard InChI is InChI=1S/C24H24N8O/c1-17-15-22(31-13-5-6-14-31)29-24(26-17)28-19-11-9-18(10-12-19)27-23(33)21-16-25-32(30-21)20-7-3-2-4-8-20/h2-4,7-12,15-16H,5-6,13-14H2,1H3,(H,27,33)(H,26,28,29). The van der Waals surface area contributed by atoms with Crippen LogP contribution in [-0.2, 0) is 0 Å². The molecule has 4 aromatic rings. The molecule has 1 amide bonds. The van der Waals surface area contributed by atoms with Gasteiger partial charge in [-0.05, 0) is 56.2 Å². The maximum atomic E-state index is 12.6. The summed E-state index contributed by atoms with van der Waals surface area (Å²) >= 11 is 0. The minimum atomic E-state index is -0.324. The van der Waals surface area contributed by atoms with Crippen LogP contribution in [0, 0.1) is 6.92 Å². The van der Waals surface area contributed by atoms with E-state index in [2.05, 4.69) is 35.7 Å². The van der Waals surface area contributed by atoms with Crippen LogP contribution in [0.1, 0.15) is 29.0 Å². The molecule has 3 heterocycles. The molecule has 1 saturated heterocycles. The lowest BCUT2D eigenvalue weighted by molar-refractivity contribution is 0.102. The molecule has 2 N–H and O–H groups in total. The molecule has 9 heteroatoms. The van der Waals surface area contributed by atoms with E-state index in [-0.39, 0.29) is 11.6 Å². The molecule has 9 nitrogen and oxygen atoms in total. The van der Waals surface area contributed by atoms with Gasteiger partial charge in [0.1, 0.15) is 5.82 Å². The van der Waals surface area contributed by atoms with Gasteiger partial charge in [-0.2, -0.15) is 14.9 Å². The van der Waals surface area contributed by atoms with E-state index >= 15 is 0 Å². The fraction of sp³-hybridized carbons (Fsp3) is 0.208. The largest absolute Gasteiger partial charge is 0.356 e. The molecule has 33 heavy (non-hydrogen) atoms. The van der Waals surface area contributed by atoms with E-state index in [1.54, 1.807) is 0 Å². The normalized spacial score (nSPS) is 13.2. The van der Waals surface area contributed by atoms with Crippen LogP contribution >= 0.6 is 0 Å². The Hall–Kier alpha value is -4.27. The average Bonchev–Trinajstić information content (AvgIpc) is 3.53. The Labute approximate surface area is 191 Å². The van der Waals surface area contributed by atoms with Crippen LogP contribution < -0.4 is 15.5 Å². The van der Waals surface area contributed by atoms with Crippen LogP contribution in [0.5, 0.6) is 0 Å². The van der Waals surface area contributed by atoms with E-state index in [9.17, 15) is 4.79 Å². The first kappa shape index (κ1) is 20.6. The molecule has 0 unspecified atom stereocenters. The Morgan fingerprint density at radius 2 is 1.67 bits per heavy atom. The number of nitrogens with zero attached hydrogens (tertiary/aromatic N) is 6. The molecule has 0 radical (unpaired) electrons. The third kappa shape index (κ3) is 4.82. The second-order valence-electron chi connectivity index (χ2n) is 7.90. The van der Waals surface area contributed by atoms with Crippen molar-refractivity contribution >= 4 is 29.0 Å². The molecular formula is C24H24N8O. The highest BCUT2D eigenvalue weighted by Crippen LogP contribution is 2.22. The lowest BCUT2D eigenvalue weighted by Crippen LogP contribution is -2.19. The van der Waals surface area contributed by atoms with Crippen LogP contribution in [0.15, 0.2) is 66.9 Å². The zero-order valence-electron chi connectivity index (χ0n) is 18.3. The predicted molar refractivity (Wildman–Crippen MR) is 127 cm³/mol. The molecule has 166 valence electrons. The van der Waals surface area contributed by atoms with Gasteiger partial charge in [0.15, 0.2) is 5.69 Å². The van der Waals surface area contributed by atoms with Gasteiger partial charge in [-0.15, -0.1) is 5.10 Å². The SMILES string of the molecule is Cc1cc(N2CCCC2)nc(Nc2ccc(NC(=O)c3cnn(-c4ccccc4)n3)cc2)n1. The third-order valence-electron chi connectivity index (χ3n) is 5.38. The van der Waals surface area contributed by atoms with E-state index in [1.165, 1.54) is 23.8 Å². The molecule has 0 atom stereocenters. The van der Waals surface area contributed by atoms with Gasteiger partial charge >= 0.3 is 0 Å². The first-order valence-corrected chi connectivity index (χ1v) is 10.9. The highest BCUT2D eigenvalue weighted by atomic mass is 16.2. The van der Waals surface area contributed by atoms with Crippen molar-refractivity contribution in [3.8, 4) is 5.69 Å². The number of aromatic nitrogens is 5. The Morgan fingerprint density at radius 1 is 0.939 bits per heavy atom. The number of amides is 1. The van der Waals surface area contributed by atoms with Crippen molar-refractivity contribution in [2.45, 2.75) is 19.8 Å². The molecule has 0 aliphatic carbocycles.